The van der Waals surface area contributed by atoms with Gasteiger partial charge in [0.1, 0.15) is 0 Å². The van der Waals surface area contributed by atoms with Crippen molar-refractivity contribution < 1.29 is 0 Å². The largest absolute Gasteiger partial charge is 0.354 e. The van der Waals surface area contributed by atoms with Crippen LogP contribution in [0.4, 0.5) is 11.4 Å². The molecule has 0 aliphatic heterocycles. The van der Waals surface area contributed by atoms with Crippen molar-refractivity contribution in [1.29, 1.82) is 0 Å². The molecule has 116 valence electrons. The van der Waals surface area contributed by atoms with Crippen LogP contribution in [0.15, 0.2) is 95.5 Å². The second-order valence-electron chi connectivity index (χ2n) is 5.68. The van der Waals surface area contributed by atoms with E-state index in [-0.39, 0.29) is 0 Å². The molecular weight excluding hydrogens is 358 g/mol. The van der Waals surface area contributed by atoms with Crippen LogP contribution in [-0.2, 0) is 0 Å². The Morgan fingerprint density at radius 1 is 0.542 bits per heavy atom. The Balaban J connectivity index is 1.86. The SMILES string of the molecule is Brc1ccccc1Nc1ccc(-c2ccccc2)c2ccccc12. The van der Waals surface area contributed by atoms with Crippen molar-refractivity contribution in [1.82, 2.24) is 0 Å². The number of rotatable bonds is 3. The van der Waals surface area contributed by atoms with Gasteiger partial charge in [-0.15, -0.1) is 0 Å². The molecule has 0 saturated carbocycles. The number of halogens is 1. The molecule has 0 atom stereocenters. The summed E-state index contributed by atoms with van der Waals surface area (Å²) in [6, 6.07) is 31.6. The van der Waals surface area contributed by atoms with Gasteiger partial charge in [-0.1, -0.05) is 72.8 Å². The molecule has 0 aliphatic carbocycles. The van der Waals surface area contributed by atoms with E-state index in [1.54, 1.807) is 0 Å². The summed E-state index contributed by atoms with van der Waals surface area (Å²) in [5, 5.41) is 6.01. The molecule has 0 unspecified atom stereocenters. The molecular formula is C22H16BrN. The molecule has 24 heavy (non-hydrogen) atoms. The second kappa shape index (κ2) is 6.50. The zero-order valence-electron chi connectivity index (χ0n) is 13.0. The molecule has 0 aromatic heterocycles. The summed E-state index contributed by atoms with van der Waals surface area (Å²) in [6.07, 6.45) is 0. The third-order valence-corrected chi connectivity index (χ3v) is 4.84. The summed E-state index contributed by atoms with van der Waals surface area (Å²) in [5.74, 6) is 0. The molecule has 0 heterocycles. The predicted molar refractivity (Wildman–Crippen MR) is 107 cm³/mol. The summed E-state index contributed by atoms with van der Waals surface area (Å²) in [6.45, 7) is 0. The normalized spacial score (nSPS) is 10.7. The highest BCUT2D eigenvalue weighted by molar-refractivity contribution is 9.10. The van der Waals surface area contributed by atoms with Crippen LogP contribution in [0.5, 0.6) is 0 Å². The van der Waals surface area contributed by atoms with E-state index in [9.17, 15) is 0 Å². The average Bonchev–Trinajstić information content (AvgIpc) is 2.64. The third-order valence-electron chi connectivity index (χ3n) is 4.15. The lowest BCUT2D eigenvalue weighted by molar-refractivity contribution is 1.54. The molecule has 0 fully saturated rings. The van der Waals surface area contributed by atoms with Gasteiger partial charge in [0.15, 0.2) is 0 Å². The Bertz CT molecular complexity index is 993. The van der Waals surface area contributed by atoms with Crippen LogP contribution in [0.1, 0.15) is 0 Å². The van der Waals surface area contributed by atoms with E-state index in [1.165, 1.54) is 21.9 Å². The molecule has 4 aromatic carbocycles. The molecule has 0 spiro atoms. The minimum absolute atomic E-state index is 1.06. The van der Waals surface area contributed by atoms with E-state index in [1.807, 2.05) is 18.2 Å². The second-order valence-corrected chi connectivity index (χ2v) is 6.53. The summed E-state index contributed by atoms with van der Waals surface area (Å²) < 4.78 is 1.06. The van der Waals surface area contributed by atoms with Gasteiger partial charge >= 0.3 is 0 Å². The van der Waals surface area contributed by atoms with Gasteiger partial charge < -0.3 is 5.32 Å². The highest BCUT2D eigenvalue weighted by atomic mass is 79.9. The van der Waals surface area contributed by atoms with Crippen LogP contribution in [0, 0.1) is 0 Å². The van der Waals surface area contributed by atoms with Gasteiger partial charge in [-0.05, 0) is 50.6 Å². The lowest BCUT2D eigenvalue weighted by atomic mass is 9.97. The Hall–Kier alpha value is -2.58. The maximum absolute atomic E-state index is 3.61. The minimum Gasteiger partial charge on any atom is -0.354 e. The molecule has 0 aliphatic rings. The van der Waals surface area contributed by atoms with Crippen molar-refractivity contribution in [3.8, 4) is 11.1 Å². The van der Waals surface area contributed by atoms with E-state index < -0.39 is 0 Å². The fraction of sp³-hybridized carbons (Fsp3) is 0. The van der Waals surface area contributed by atoms with Crippen molar-refractivity contribution in [3.05, 3.63) is 95.5 Å². The van der Waals surface area contributed by atoms with E-state index >= 15 is 0 Å². The summed E-state index contributed by atoms with van der Waals surface area (Å²) in [5.41, 5.74) is 4.66. The number of hydrogen-bond acceptors (Lipinski definition) is 1. The number of fused-ring (bicyclic) bond motifs is 1. The number of benzene rings is 4. The maximum atomic E-state index is 3.61. The highest BCUT2D eigenvalue weighted by Gasteiger charge is 2.08. The van der Waals surface area contributed by atoms with Gasteiger partial charge in [-0.3, -0.25) is 0 Å². The van der Waals surface area contributed by atoms with Crippen LogP contribution >= 0.6 is 15.9 Å². The molecule has 4 rings (SSSR count). The van der Waals surface area contributed by atoms with Gasteiger partial charge in [0.25, 0.3) is 0 Å². The summed E-state index contributed by atoms with van der Waals surface area (Å²) in [4.78, 5) is 0. The Morgan fingerprint density at radius 2 is 1.21 bits per heavy atom. The summed E-state index contributed by atoms with van der Waals surface area (Å²) >= 11 is 3.61. The van der Waals surface area contributed by atoms with Gasteiger partial charge in [-0.2, -0.15) is 0 Å². The lowest BCUT2D eigenvalue weighted by Crippen LogP contribution is -1.93. The topological polar surface area (TPSA) is 12.0 Å². The predicted octanol–water partition coefficient (Wildman–Crippen LogP) is 7.01. The molecule has 0 bridgehead atoms. The Labute approximate surface area is 150 Å². The molecule has 4 aromatic rings. The Kier molecular flexibility index (Phi) is 4.06. The average molecular weight is 374 g/mol. The number of hydrogen-bond donors (Lipinski definition) is 1. The fourth-order valence-electron chi connectivity index (χ4n) is 2.99. The van der Waals surface area contributed by atoms with E-state index in [4.69, 9.17) is 0 Å². The standard InChI is InChI=1S/C22H16BrN/c23-20-12-6-7-13-22(20)24-21-15-14-17(16-8-2-1-3-9-16)18-10-4-5-11-19(18)21/h1-15,24H. The lowest BCUT2D eigenvalue weighted by Gasteiger charge is -2.14. The highest BCUT2D eigenvalue weighted by Crippen LogP contribution is 2.35. The number of para-hydroxylation sites is 1. The minimum atomic E-state index is 1.06. The first-order valence-electron chi connectivity index (χ1n) is 7.92. The first-order valence-corrected chi connectivity index (χ1v) is 8.71. The van der Waals surface area contributed by atoms with Gasteiger partial charge in [0.05, 0.1) is 5.69 Å². The zero-order chi connectivity index (χ0) is 16.4. The van der Waals surface area contributed by atoms with E-state index in [0.717, 1.165) is 15.8 Å². The van der Waals surface area contributed by atoms with Crippen LogP contribution in [-0.4, -0.2) is 0 Å². The van der Waals surface area contributed by atoms with Gasteiger partial charge in [0.2, 0.25) is 0 Å². The quantitative estimate of drug-likeness (QED) is 0.407. The first-order chi connectivity index (χ1) is 11.8. The summed E-state index contributed by atoms with van der Waals surface area (Å²) in [7, 11) is 0. The maximum Gasteiger partial charge on any atom is 0.0528 e. The van der Waals surface area contributed by atoms with Gasteiger partial charge in [0, 0.05) is 15.5 Å². The fourth-order valence-corrected chi connectivity index (χ4v) is 3.37. The van der Waals surface area contributed by atoms with Crippen molar-refractivity contribution in [2.75, 3.05) is 5.32 Å². The zero-order valence-corrected chi connectivity index (χ0v) is 14.6. The number of anilines is 2. The molecule has 0 amide bonds. The monoisotopic (exact) mass is 373 g/mol. The van der Waals surface area contributed by atoms with Crippen LogP contribution in [0.2, 0.25) is 0 Å². The first kappa shape index (κ1) is 15.0. The van der Waals surface area contributed by atoms with E-state index in [2.05, 4.69) is 94.0 Å². The molecule has 0 radical (unpaired) electrons. The smallest absolute Gasteiger partial charge is 0.0528 e. The van der Waals surface area contributed by atoms with Crippen LogP contribution in [0.25, 0.3) is 21.9 Å². The van der Waals surface area contributed by atoms with Crippen LogP contribution < -0.4 is 5.32 Å². The van der Waals surface area contributed by atoms with E-state index in [0.29, 0.717) is 0 Å². The molecule has 1 nitrogen and oxygen atoms in total. The van der Waals surface area contributed by atoms with Crippen molar-refractivity contribution in [3.63, 3.8) is 0 Å². The molecule has 0 saturated heterocycles. The van der Waals surface area contributed by atoms with Crippen LogP contribution in [0.3, 0.4) is 0 Å². The van der Waals surface area contributed by atoms with Crippen molar-refractivity contribution in [2.24, 2.45) is 0 Å². The third kappa shape index (κ3) is 2.81. The molecule has 1 N–H and O–H groups in total. The number of nitrogens with one attached hydrogen (secondary N) is 1. The van der Waals surface area contributed by atoms with Crippen molar-refractivity contribution >= 4 is 38.1 Å². The molecule has 2 heteroatoms. The Morgan fingerprint density at radius 3 is 2.00 bits per heavy atom. The van der Waals surface area contributed by atoms with Crippen molar-refractivity contribution in [2.45, 2.75) is 0 Å². The van der Waals surface area contributed by atoms with Gasteiger partial charge in [-0.25, -0.2) is 0 Å².